The Morgan fingerprint density at radius 1 is 1.40 bits per heavy atom. The van der Waals surface area contributed by atoms with Crippen LogP contribution in [0.4, 0.5) is 0 Å². The number of imidazole rings is 1. The summed E-state index contributed by atoms with van der Waals surface area (Å²) in [7, 11) is 2.06. The van der Waals surface area contributed by atoms with Crippen LogP contribution in [-0.2, 0) is 13.5 Å². The lowest BCUT2D eigenvalue weighted by Crippen LogP contribution is -2.02. The van der Waals surface area contributed by atoms with E-state index in [1.165, 1.54) is 0 Å². The molecule has 2 aromatic rings. The van der Waals surface area contributed by atoms with Crippen LogP contribution in [-0.4, -0.2) is 9.55 Å². The number of aryl methyl sites for hydroxylation is 1. The van der Waals surface area contributed by atoms with Crippen molar-refractivity contribution in [2.45, 2.75) is 20.3 Å². The van der Waals surface area contributed by atoms with Crippen molar-refractivity contribution in [1.29, 1.82) is 0 Å². The van der Waals surface area contributed by atoms with Gasteiger partial charge in [-0.3, -0.25) is 0 Å². The molecule has 0 amide bonds. The van der Waals surface area contributed by atoms with Gasteiger partial charge in [0.25, 0.3) is 0 Å². The molecule has 0 radical (unpaired) electrons. The summed E-state index contributed by atoms with van der Waals surface area (Å²) >= 11 is 5.94. The largest absolute Gasteiger partial charge is 0.331 e. The number of aromatic nitrogens is 2. The van der Waals surface area contributed by atoms with Crippen molar-refractivity contribution in [3.63, 3.8) is 0 Å². The van der Waals surface area contributed by atoms with E-state index in [9.17, 15) is 0 Å². The van der Waals surface area contributed by atoms with Crippen LogP contribution in [0, 0.1) is 5.92 Å². The van der Waals surface area contributed by atoms with Crippen molar-refractivity contribution >= 4 is 22.6 Å². The molecule has 1 aromatic carbocycles. The number of nitrogens with zero attached hydrogens (tertiary/aromatic N) is 2. The first kappa shape index (κ1) is 10.5. The maximum atomic E-state index is 5.94. The van der Waals surface area contributed by atoms with Gasteiger partial charge in [-0.1, -0.05) is 25.4 Å². The van der Waals surface area contributed by atoms with Gasteiger partial charge in [-0.2, -0.15) is 0 Å². The Balaban J connectivity index is 2.54. The van der Waals surface area contributed by atoms with E-state index >= 15 is 0 Å². The molecule has 15 heavy (non-hydrogen) atoms. The summed E-state index contributed by atoms with van der Waals surface area (Å²) < 4.78 is 2.14. The molecule has 80 valence electrons. The maximum Gasteiger partial charge on any atom is 0.109 e. The predicted molar refractivity (Wildman–Crippen MR) is 64.3 cm³/mol. The first-order chi connectivity index (χ1) is 7.08. The molecule has 0 aliphatic rings. The van der Waals surface area contributed by atoms with Crippen LogP contribution in [0.2, 0.25) is 5.02 Å². The van der Waals surface area contributed by atoms with Crippen molar-refractivity contribution < 1.29 is 0 Å². The molecule has 0 fully saturated rings. The van der Waals surface area contributed by atoms with Gasteiger partial charge in [-0.15, -0.1) is 0 Å². The summed E-state index contributed by atoms with van der Waals surface area (Å²) in [5, 5.41) is 0.747. The molecule has 0 atom stereocenters. The standard InChI is InChI=1S/C12H15ClN2/c1-8(2)6-12-14-10-7-9(13)4-5-11(10)15(12)3/h4-5,7-8H,6H2,1-3H3. The second kappa shape index (κ2) is 3.86. The second-order valence-corrected chi connectivity index (χ2v) is 4.75. The van der Waals surface area contributed by atoms with Crippen molar-refractivity contribution in [1.82, 2.24) is 9.55 Å². The van der Waals surface area contributed by atoms with Gasteiger partial charge in [0.1, 0.15) is 5.82 Å². The van der Waals surface area contributed by atoms with Gasteiger partial charge in [0.05, 0.1) is 11.0 Å². The van der Waals surface area contributed by atoms with Gasteiger partial charge in [-0.05, 0) is 24.1 Å². The van der Waals surface area contributed by atoms with E-state index in [2.05, 4.69) is 30.4 Å². The third-order valence-corrected chi connectivity index (χ3v) is 2.76. The molecule has 2 rings (SSSR count). The van der Waals surface area contributed by atoms with Crippen molar-refractivity contribution in [2.24, 2.45) is 13.0 Å². The Kier molecular flexibility index (Phi) is 2.70. The zero-order chi connectivity index (χ0) is 11.0. The molecule has 0 N–H and O–H groups in total. The summed E-state index contributed by atoms with van der Waals surface area (Å²) in [6.07, 6.45) is 1.00. The Hall–Kier alpha value is -1.02. The number of rotatable bonds is 2. The first-order valence-corrected chi connectivity index (χ1v) is 5.56. The van der Waals surface area contributed by atoms with Gasteiger partial charge in [0.15, 0.2) is 0 Å². The first-order valence-electron chi connectivity index (χ1n) is 5.19. The highest BCUT2D eigenvalue weighted by molar-refractivity contribution is 6.31. The number of hydrogen-bond donors (Lipinski definition) is 0. The quantitative estimate of drug-likeness (QED) is 0.761. The van der Waals surface area contributed by atoms with E-state index in [0.717, 1.165) is 28.3 Å². The van der Waals surface area contributed by atoms with E-state index in [1.54, 1.807) is 0 Å². The summed E-state index contributed by atoms with van der Waals surface area (Å²) in [4.78, 5) is 4.59. The Morgan fingerprint density at radius 3 is 2.80 bits per heavy atom. The minimum Gasteiger partial charge on any atom is -0.331 e. The lowest BCUT2D eigenvalue weighted by Gasteiger charge is -2.04. The summed E-state index contributed by atoms with van der Waals surface area (Å²) in [5.74, 6) is 1.75. The van der Waals surface area contributed by atoms with Crippen LogP contribution in [0.1, 0.15) is 19.7 Å². The second-order valence-electron chi connectivity index (χ2n) is 4.32. The fourth-order valence-corrected chi connectivity index (χ4v) is 1.94. The number of hydrogen-bond acceptors (Lipinski definition) is 1. The molecule has 0 bridgehead atoms. The Labute approximate surface area is 94.9 Å². The molecule has 2 nitrogen and oxygen atoms in total. The molecule has 0 saturated carbocycles. The minimum absolute atomic E-state index is 0.621. The van der Waals surface area contributed by atoms with E-state index in [-0.39, 0.29) is 0 Å². The van der Waals surface area contributed by atoms with Gasteiger partial charge < -0.3 is 4.57 Å². The molecule has 0 spiro atoms. The van der Waals surface area contributed by atoms with Crippen LogP contribution >= 0.6 is 11.6 Å². The molecule has 1 heterocycles. The highest BCUT2D eigenvalue weighted by Crippen LogP contribution is 2.20. The lowest BCUT2D eigenvalue weighted by molar-refractivity contribution is 0.606. The Bertz CT molecular complexity index is 486. The van der Waals surface area contributed by atoms with Crippen LogP contribution < -0.4 is 0 Å². The summed E-state index contributed by atoms with van der Waals surface area (Å²) in [6, 6.07) is 5.85. The molecule has 1 aromatic heterocycles. The van der Waals surface area contributed by atoms with Gasteiger partial charge in [-0.25, -0.2) is 4.98 Å². The maximum absolute atomic E-state index is 5.94. The fraction of sp³-hybridized carbons (Fsp3) is 0.417. The van der Waals surface area contributed by atoms with Crippen molar-refractivity contribution in [3.8, 4) is 0 Å². The van der Waals surface area contributed by atoms with E-state index in [4.69, 9.17) is 11.6 Å². The van der Waals surface area contributed by atoms with E-state index < -0.39 is 0 Å². The van der Waals surface area contributed by atoms with E-state index in [0.29, 0.717) is 5.92 Å². The predicted octanol–water partition coefficient (Wildman–Crippen LogP) is 3.43. The van der Waals surface area contributed by atoms with E-state index in [1.807, 2.05) is 18.2 Å². The summed E-state index contributed by atoms with van der Waals surface area (Å²) in [6.45, 7) is 4.40. The SMILES string of the molecule is CC(C)Cc1nc2cc(Cl)ccc2n1C. The zero-order valence-corrected chi connectivity index (χ0v) is 10.0. The lowest BCUT2D eigenvalue weighted by atomic mass is 10.1. The molecular weight excluding hydrogens is 208 g/mol. The average molecular weight is 223 g/mol. The smallest absolute Gasteiger partial charge is 0.109 e. The highest BCUT2D eigenvalue weighted by atomic mass is 35.5. The van der Waals surface area contributed by atoms with Gasteiger partial charge in [0.2, 0.25) is 0 Å². The van der Waals surface area contributed by atoms with Crippen molar-refractivity contribution in [3.05, 3.63) is 29.0 Å². The minimum atomic E-state index is 0.621. The molecule has 0 saturated heterocycles. The number of halogens is 1. The fourth-order valence-electron chi connectivity index (χ4n) is 1.77. The molecule has 0 unspecified atom stereocenters. The normalized spacial score (nSPS) is 11.5. The van der Waals surface area contributed by atoms with Gasteiger partial charge in [0, 0.05) is 18.5 Å². The highest BCUT2D eigenvalue weighted by Gasteiger charge is 2.08. The number of fused-ring (bicyclic) bond motifs is 1. The zero-order valence-electron chi connectivity index (χ0n) is 9.29. The summed E-state index contributed by atoms with van der Waals surface area (Å²) in [5.41, 5.74) is 2.13. The van der Waals surface area contributed by atoms with Crippen LogP contribution in [0.3, 0.4) is 0 Å². The van der Waals surface area contributed by atoms with Crippen LogP contribution in [0.25, 0.3) is 11.0 Å². The van der Waals surface area contributed by atoms with Crippen LogP contribution in [0.15, 0.2) is 18.2 Å². The topological polar surface area (TPSA) is 17.8 Å². The molecule has 0 aliphatic carbocycles. The van der Waals surface area contributed by atoms with Gasteiger partial charge >= 0.3 is 0 Å². The number of benzene rings is 1. The molecule has 0 aliphatic heterocycles. The Morgan fingerprint density at radius 2 is 2.13 bits per heavy atom. The molecular formula is C12H15ClN2. The third-order valence-electron chi connectivity index (χ3n) is 2.53. The average Bonchev–Trinajstić information content (AvgIpc) is 2.42. The molecule has 3 heteroatoms. The monoisotopic (exact) mass is 222 g/mol. The third kappa shape index (κ3) is 2.00. The van der Waals surface area contributed by atoms with Crippen molar-refractivity contribution in [2.75, 3.05) is 0 Å². The van der Waals surface area contributed by atoms with Crippen LogP contribution in [0.5, 0.6) is 0 Å².